The van der Waals surface area contributed by atoms with Crippen LogP contribution >= 0.6 is 0 Å². The molecule has 3 aromatic rings. The van der Waals surface area contributed by atoms with Gasteiger partial charge in [0.15, 0.2) is 5.65 Å². The van der Waals surface area contributed by atoms with Crippen LogP contribution in [0.3, 0.4) is 0 Å². The highest BCUT2D eigenvalue weighted by atomic mass is 19.3. The van der Waals surface area contributed by atoms with Crippen molar-refractivity contribution in [3.05, 3.63) is 59.6 Å². The van der Waals surface area contributed by atoms with Crippen molar-refractivity contribution in [2.24, 2.45) is 0 Å². The van der Waals surface area contributed by atoms with Crippen LogP contribution in [0.4, 0.5) is 8.78 Å². The normalized spacial score (nSPS) is 16.1. The Morgan fingerprint density at radius 2 is 1.97 bits per heavy atom. The van der Waals surface area contributed by atoms with E-state index in [2.05, 4.69) is 21.1 Å². The third-order valence-electron chi connectivity index (χ3n) is 5.80. The molecule has 1 aromatic carbocycles. The van der Waals surface area contributed by atoms with Crippen LogP contribution < -0.4 is 4.74 Å². The van der Waals surface area contributed by atoms with Crippen LogP contribution in [0.1, 0.15) is 28.9 Å². The smallest absolute Gasteiger partial charge is 0.280 e. The lowest BCUT2D eigenvalue weighted by atomic mass is 10.1. The summed E-state index contributed by atoms with van der Waals surface area (Å²) in [5.74, 6) is 0.404. The number of fused-ring (bicyclic) bond motifs is 2. The van der Waals surface area contributed by atoms with Gasteiger partial charge in [-0.2, -0.15) is 5.10 Å². The molecule has 0 atom stereocenters. The molecule has 0 aliphatic carbocycles. The van der Waals surface area contributed by atoms with Crippen LogP contribution in [0.25, 0.3) is 16.9 Å². The Kier molecular flexibility index (Phi) is 4.80. The SMILES string of the molecule is COc1ccc(-c2cc(C(F)F)n3ncc(C(=O)N4CCN5CCC=C5C4)c3n2)cc1. The van der Waals surface area contributed by atoms with Crippen LogP contribution in [0, 0.1) is 0 Å². The van der Waals surface area contributed by atoms with Gasteiger partial charge in [-0.1, -0.05) is 6.08 Å². The Labute approximate surface area is 177 Å². The fraction of sp³-hybridized carbons (Fsp3) is 0.318. The summed E-state index contributed by atoms with van der Waals surface area (Å²) in [6.45, 7) is 2.84. The summed E-state index contributed by atoms with van der Waals surface area (Å²) in [7, 11) is 1.56. The van der Waals surface area contributed by atoms with E-state index in [-0.39, 0.29) is 22.8 Å². The summed E-state index contributed by atoms with van der Waals surface area (Å²) in [5.41, 5.74) is 2.19. The maximum atomic E-state index is 13.8. The van der Waals surface area contributed by atoms with E-state index in [1.807, 2.05) is 0 Å². The number of aromatic nitrogens is 3. The van der Waals surface area contributed by atoms with Gasteiger partial charge in [-0.15, -0.1) is 0 Å². The van der Waals surface area contributed by atoms with E-state index in [4.69, 9.17) is 4.74 Å². The van der Waals surface area contributed by atoms with Crippen LogP contribution in [0.5, 0.6) is 5.75 Å². The van der Waals surface area contributed by atoms with Crippen LogP contribution in [0.2, 0.25) is 0 Å². The molecule has 31 heavy (non-hydrogen) atoms. The first-order valence-corrected chi connectivity index (χ1v) is 10.1. The predicted molar refractivity (Wildman–Crippen MR) is 110 cm³/mol. The third kappa shape index (κ3) is 3.39. The summed E-state index contributed by atoms with van der Waals surface area (Å²) < 4.78 is 33.8. The molecule has 1 fully saturated rings. The number of amides is 1. The van der Waals surface area contributed by atoms with Gasteiger partial charge in [-0.25, -0.2) is 18.3 Å². The van der Waals surface area contributed by atoms with E-state index < -0.39 is 6.43 Å². The second-order valence-electron chi connectivity index (χ2n) is 7.59. The van der Waals surface area contributed by atoms with E-state index in [1.54, 1.807) is 36.3 Å². The highest BCUT2D eigenvalue weighted by molar-refractivity contribution is 6.00. The molecule has 2 aromatic heterocycles. The average Bonchev–Trinajstić information content (AvgIpc) is 3.44. The molecule has 0 unspecified atom stereocenters. The molecule has 0 bridgehead atoms. The summed E-state index contributed by atoms with van der Waals surface area (Å²) >= 11 is 0. The lowest BCUT2D eigenvalue weighted by Gasteiger charge is -2.35. The molecular weight excluding hydrogens is 404 g/mol. The Morgan fingerprint density at radius 3 is 2.71 bits per heavy atom. The van der Waals surface area contributed by atoms with Crippen molar-refractivity contribution in [3.63, 3.8) is 0 Å². The molecule has 5 rings (SSSR count). The number of hydrogen-bond donors (Lipinski definition) is 0. The lowest BCUT2D eigenvalue weighted by molar-refractivity contribution is 0.0710. The minimum absolute atomic E-state index is 0.136. The molecule has 2 aliphatic rings. The second kappa shape index (κ2) is 7.64. The van der Waals surface area contributed by atoms with Crippen molar-refractivity contribution in [1.82, 2.24) is 24.4 Å². The van der Waals surface area contributed by atoms with Gasteiger partial charge in [-0.05, 0) is 36.8 Å². The maximum absolute atomic E-state index is 13.8. The fourth-order valence-corrected chi connectivity index (χ4v) is 4.14. The van der Waals surface area contributed by atoms with Crippen molar-refractivity contribution >= 4 is 11.6 Å². The zero-order valence-corrected chi connectivity index (χ0v) is 17.0. The first kappa shape index (κ1) is 19.5. The van der Waals surface area contributed by atoms with Gasteiger partial charge in [0, 0.05) is 30.9 Å². The predicted octanol–water partition coefficient (Wildman–Crippen LogP) is 3.39. The number of carbonyl (C=O) groups is 1. The van der Waals surface area contributed by atoms with Gasteiger partial charge < -0.3 is 14.5 Å². The lowest BCUT2D eigenvalue weighted by Crippen LogP contribution is -2.45. The third-order valence-corrected chi connectivity index (χ3v) is 5.80. The Hall–Kier alpha value is -3.49. The minimum Gasteiger partial charge on any atom is -0.497 e. The quantitative estimate of drug-likeness (QED) is 0.641. The van der Waals surface area contributed by atoms with E-state index in [1.165, 1.54) is 12.3 Å². The first-order valence-electron chi connectivity index (χ1n) is 10.1. The number of nitrogens with zero attached hydrogens (tertiary/aromatic N) is 5. The largest absolute Gasteiger partial charge is 0.497 e. The molecule has 1 saturated heterocycles. The minimum atomic E-state index is -2.77. The number of carbonyl (C=O) groups excluding carboxylic acids is 1. The topological polar surface area (TPSA) is 63.0 Å². The van der Waals surface area contributed by atoms with Crippen LogP contribution in [-0.2, 0) is 0 Å². The summed E-state index contributed by atoms with van der Waals surface area (Å²) in [4.78, 5) is 21.8. The summed E-state index contributed by atoms with van der Waals surface area (Å²) in [6, 6.07) is 8.27. The number of alkyl halides is 2. The zero-order chi connectivity index (χ0) is 21.5. The number of halogens is 2. The Bertz CT molecular complexity index is 1170. The molecule has 1 amide bonds. The van der Waals surface area contributed by atoms with Gasteiger partial charge in [-0.3, -0.25) is 4.79 Å². The van der Waals surface area contributed by atoms with Crippen molar-refractivity contribution < 1.29 is 18.3 Å². The van der Waals surface area contributed by atoms with Gasteiger partial charge in [0.25, 0.3) is 12.3 Å². The number of rotatable bonds is 4. The Morgan fingerprint density at radius 1 is 1.16 bits per heavy atom. The van der Waals surface area contributed by atoms with E-state index in [0.717, 1.165) is 29.7 Å². The number of hydrogen-bond acceptors (Lipinski definition) is 5. The van der Waals surface area contributed by atoms with E-state index in [0.29, 0.717) is 30.1 Å². The number of methoxy groups -OCH3 is 1. The van der Waals surface area contributed by atoms with Gasteiger partial charge in [0.1, 0.15) is 17.0 Å². The molecule has 160 valence electrons. The molecule has 0 saturated carbocycles. The number of piperazine rings is 1. The van der Waals surface area contributed by atoms with E-state index >= 15 is 0 Å². The highest BCUT2D eigenvalue weighted by Crippen LogP contribution is 2.29. The molecule has 2 aliphatic heterocycles. The number of benzene rings is 1. The van der Waals surface area contributed by atoms with Crippen LogP contribution in [-0.4, -0.2) is 63.6 Å². The molecule has 4 heterocycles. The van der Waals surface area contributed by atoms with E-state index in [9.17, 15) is 13.6 Å². The Balaban J connectivity index is 1.56. The van der Waals surface area contributed by atoms with Crippen molar-refractivity contribution in [1.29, 1.82) is 0 Å². The molecule has 0 radical (unpaired) electrons. The molecule has 9 heteroatoms. The molecule has 0 spiro atoms. The standard InChI is InChI=1S/C22H21F2N5O2/c1-31-16-6-4-14(5-7-16)18-11-19(20(23)24)29-21(26-18)17(12-25-29)22(30)28-10-9-27-8-2-3-15(27)13-28/h3-7,11-12,20H,2,8-10,13H2,1H3. The summed E-state index contributed by atoms with van der Waals surface area (Å²) in [6.07, 6.45) is 1.70. The van der Waals surface area contributed by atoms with Crippen molar-refractivity contribution in [3.8, 4) is 17.0 Å². The van der Waals surface area contributed by atoms with Gasteiger partial charge in [0.05, 0.1) is 25.5 Å². The maximum Gasteiger partial charge on any atom is 0.280 e. The molecular formula is C22H21F2N5O2. The molecule has 0 N–H and O–H groups in total. The fourth-order valence-electron chi connectivity index (χ4n) is 4.14. The first-order chi connectivity index (χ1) is 15.0. The number of ether oxygens (including phenoxy) is 1. The van der Waals surface area contributed by atoms with Crippen molar-refractivity contribution in [2.75, 3.05) is 33.3 Å². The van der Waals surface area contributed by atoms with Crippen LogP contribution in [0.15, 0.2) is 48.3 Å². The van der Waals surface area contributed by atoms with Gasteiger partial charge in [0.2, 0.25) is 0 Å². The van der Waals surface area contributed by atoms with Gasteiger partial charge >= 0.3 is 0 Å². The summed E-state index contributed by atoms with van der Waals surface area (Å²) in [5, 5.41) is 4.07. The van der Waals surface area contributed by atoms with Crippen molar-refractivity contribution in [2.45, 2.75) is 12.8 Å². The monoisotopic (exact) mass is 425 g/mol. The molecule has 7 nitrogen and oxygen atoms in total. The zero-order valence-electron chi connectivity index (χ0n) is 17.0. The highest BCUT2D eigenvalue weighted by Gasteiger charge is 2.30. The second-order valence-corrected chi connectivity index (χ2v) is 7.59. The average molecular weight is 425 g/mol.